The van der Waals surface area contributed by atoms with Crippen molar-refractivity contribution in [2.75, 3.05) is 0 Å². The van der Waals surface area contributed by atoms with E-state index in [4.69, 9.17) is 0 Å². The average molecular weight is 328 g/mol. The molecule has 5 heteroatoms. The molecule has 0 atom stereocenters. The maximum absolute atomic E-state index is 9.21. The molecule has 0 aliphatic heterocycles. The molecule has 24 heavy (non-hydrogen) atoms. The zero-order chi connectivity index (χ0) is 16.8. The average Bonchev–Trinajstić information content (AvgIpc) is 2.67. The highest BCUT2D eigenvalue weighted by Gasteiger charge is 2.15. The van der Waals surface area contributed by atoms with Crippen LogP contribution in [0.25, 0.3) is 11.3 Å². The van der Waals surface area contributed by atoms with Gasteiger partial charge in [-0.1, -0.05) is 72.4 Å². The third-order valence-electron chi connectivity index (χ3n) is 3.34. The van der Waals surface area contributed by atoms with E-state index >= 15 is 0 Å². The van der Waals surface area contributed by atoms with Crippen LogP contribution in [0.2, 0.25) is 0 Å². The summed E-state index contributed by atoms with van der Waals surface area (Å²) in [4.78, 5) is 8.75. The first kappa shape index (κ1) is 15.7. The monoisotopic (exact) mass is 328 g/mol. The summed E-state index contributed by atoms with van der Waals surface area (Å²) in [5.41, 5.74) is 2.79. The lowest BCUT2D eigenvalue weighted by Crippen LogP contribution is -2.00. The van der Waals surface area contributed by atoms with Crippen LogP contribution in [0.4, 0.5) is 0 Å². The van der Waals surface area contributed by atoms with Gasteiger partial charge in [0.2, 0.25) is 0 Å². The summed E-state index contributed by atoms with van der Waals surface area (Å²) in [7, 11) is 0. The molecule has 0 N–H and O–H groups in total. The summed E-state index contributed by atoms with van der Waals surface area (Å²) in [6.45, 7) is 0. The van der Waals surface area contributed by atoms with E-state index < -0.39 is 0 Å². The Hall–Kier alpha value is -3.15. The van der Waals surface area contributed by atoms with Crippen LogP contribution in [0.15, 0.2) is 65.7 Å². The summed E-state index contributed by atoms with van der Waals surface area (Å²) in [5.74, 6) is 0.714. The van der Waals surface area contributed by atoms with Crippen molar-refractivity contribution < 1.29 is 0 Å². The van der Waals surface area contributed by atoms with Crippen LogP contribution in [0.3, 0.4) is 0 Å². The van der Waals surface area contributed by atoms with Crippen LogP contribution in [0.1, 0.15) is 17.0 Å². The third-order valence-corrected chi connectivity index (χ3v) is 4.38. The molecule has 0 amide bonds. The minimum absolute atomic E-state index is 0.0559. The van der Waals surface area contributed by atoms with Gasteiger partial charge in [0.1, 0.15) is 22.9 Å². The van der Waals surface area contributed by atoms with E-state index in [2.05, 4.69) is 9.97 Å². The van der Waals surface area contributed by atoms with Gasteiger partial charge in [0.05, 0.1) is 0 Å². The summed E-state index contributed by atoms with van der Waals surface area (Å²) < 4.78 is 0. The number of hydrogen-bond donors (Lipinski definition) is 0. The van der Waals surface area contributed by atoms with Gasteiger partial charge in [0.15, 0.2) is 11.4 Å². The van der Waals surface area contributed by atoms with Crippen LogP contribution in [0, 0.1) is 22.7 Å². The van der Waals surface area contributed by atoms with E-state index in [-0.39, 0.29) is 11.4 Å². The quantitative estimate of drug-likeness (QED) is 0.672. The second-order valence-electron chi connectivity index (χ2n) is 4.94. The Morgan fingerprint density at radius 1 is 0.792 bits per heavy atom. The zero-order valence-corrected chi connectivity index (χ0v) is 13.5. The lowest BCUT2D eigenvalue weighted by atomic mass is 10.1. The van der Waals surface area contributed by atoms with Gasteiger partial charge in [-0.05, 0) is 5.56 Å². The predicted octanol–water partition coefficient (Wildman–Crippen LogP) is 4.18. The van der Waals surface area contributed by atoms with Gasteiger partial charge >= 0.3 is 0 Å². The Labute approximate surface area is 144 Å². The maximum atomic E-state index is 9.21. The molecule has 2 aromatic carbocycles. The van der Waals surface area contributed by atoms with Crippen molar-refractivity contribution in [1.29, 1.82) is 10.5 Å². The number of thioether (sulfide) groups is 1. The van der Waals surface area contributed by atoms with Crippen LogP contribution >= 0.6 is 11.8 Å². The lowest BCUT2D eigenvalue weighted by molar-refractivity contribution is 1.02. The summed E-state index contributed by atoms with van der Waals surface area (Å²) in [5, 5.41) is 19.1. The second kappa shape index (κ2) is 7.41. The minimum atomic E-state index is 0.0559. The topological polar surface area (TPSA) is 73.4 Å². The molecule has 4 nitrogen and oxygen atoms in total. The van der Waals surface area contributed by atoms with E-state index in [0.29, 0.717) is 16.5 Å². The minimum Gasteiger partial charge on any atom is -0.231 e. The molecule has 0 aliphatic rings. The molecule has 3 rings (SSSR count). The second-order valence-corrected chi connectivity index (χ2v) is 5.90. The zero-order valence-electron chi connectivity index (χ0n) is 12.7. The fraction of sp³-hybridized carbons (Fsp3) is 0.0526. The van der Waals surface area contributed by atoms with Crippen molar-refractivity contribution in [2.24, 2.45) is 0 Å². The molecule has 0 aliphatic carbocycles. The van der Waals surface area contributed by atoms with E-state index in [9.17, 15) is 10.5 Å². The highest BCUT2D eigenvalue weighted by atomic mass is 32.2. The number of rotatable bonds is 4. The molecule has 0 fully saturated rings. The number of hydrogen-bond acceptors (Lipinski definition) is 5. The van der Waals surface area contributed by atoms with E-state index in [1.165, 1.54) is 11.8 Å². The van der Waals surface area contributed by atoms with Crippen molar-refractivity contribution >= 4 is 11.8 Å². The number of benzene rings is 2. The van der Waals surface area contributed by atoms with Crippen molar-refractivity contribution in [1.82, 2.24) is 9.97 Å². The van der Waals surface area contributed by atoms with Gasteiger partial charge in [-0.3, -0.25) is 0 Å². The Morgan fingerprint density at radius 3 is 2.00 bits per heavy atom. The van der Waals surface area contributed by atoms with Gasteiger partial charge in [-0.25, -0.2) is 9.97 Å². The Bertz CT molecular complexity index is 925. The molecule has 1 aromatic heterocycles. The highest BCUT2D eigenvalue weighted by Crippen LogP contribution is 2.31. The normalized spacial score (nSPS) is 9.92. The van der Waals surface area contributed by atoms with Crippen LogP contribution < -0.4 is 0 Å². The smallest absolute Gasteiger partial charge is 0.178 e. The van der Waals surface area contributed by atoms with Crippen LogP contribution in [-0.2, 0) is 5.75 Å². The highest BCUT2D eigenvalue weighted by molar-refractivity contribution is 7.98. The van der Waals surface area contributed by atoms with Crippen molar-refractivity contribution in [3.63, 3.8) is 0 Å². The number of nitriles is 2. The van der Waals surface area contributed by atoms with Crippen molar-refractivity contribution in [3.8, 4) is 23.4 Å². The molecule has 0 saturated carbocycles. The van der Waals surface area contributed by atoms with Crippen molar-refractivity contribution in [2.45, 2.75) is 10.8 Å². The number of aromatic nitrogens is 2. The Balaban J connectivity index is 2.03. The van der Waals surface area contributed by atoms with Crippen LogP contribution in [-0.4, -0.2) is 9.97 Å². The van der Waals surface area contributed by atoms with Gasteiger partial charge in [0.25, 0.3) is 0 Å². The fourth-order valence-electron chi connectivity index (χ4n) is 2.19. The van der Waals surface area contributed by atoms with Gasteiger partial charge in [0, 0.05) is 11.3 Å². The molecule has 0 unspecified atom stereocenters. The molecular weight excluding hydrogens is 316 g/mol. The summed E-state index contributed by atoms with van der Waals surface area (Å²) in [6, 6.07) is 23.5. The maximum Gasteiger partial charge on any atom is 0.178 e. The third kappa shape index (κ3) is 3.43. The molecule has 3 aromatic rings. The fourth-order valence-corrected chi connectivity index (χ4v) is 3.14. The lowest BCUT2D eigenvalue weighted by Gasteiger charge is -2.09. The molecule has 1 heterocycles. The van der Waals surface area contributed by atoms with Crippen molar-refractivity contribution in [3.05, 3.63) is 77.6 Å². The number of nitrogens with zero attached hydrogens (tertiary/aromatic N) is 4. The summed E-state index contributed by atoms with van der Waals surface area (Å²) >= 11 is 1.51. The predicted molar refractivity (Wildman–Crippen MR) is 92.9 cm³/mol. The molecular formula is C19H12N4S. The molecule has 0 radical (unpaired) electrons. The largest absolute Gasteiger partial charge is 0.231 e. The summed E-state index contributed by atoms with van der Waals surface area (Å²) in [6.07, 6.45) is 0. The van der Waals surface area contributed by atoms with E-state index in [0.717, 1.165) is 11.1 Å². The van der Waals surface area contributed by atoms with Gasteiger partial charge in [-0.2, -0.15) is 10.5 Å². The van der Waals surface area contributed by atoms with Gasteiger partial charge < -0.3 is 0 Å². The van der Waals surface area contributed by atoms with Crippen LogP contribution in [0.5, 0.6) is 0 Å². The standard InChI is InChI=1S/C19H12N4S/c20-11-16-17(12-21)23-19(24-13-14-7-3-1-4-8-14)18(22-16)15-9-5-2-6-10-15/h1-10H,13H2. The molecule has 114 valence electrons. The SMILES string of the molecule is N#Cc1nc(SCc2ccccc2)c(-c2ccccc2)nc1C#N. The first-order chi connectivity index (χ1) is 11.8. The van der Waals surface area contributed by atoms with E-state index in [1.807, 2.05) is 72.8 Å². The molecule has 0 bridgehead atoms. The van der Waals surface area contributed by atoms with E-state index in [1.54, 1.807) is 0 Å². The molecule has 0 saturated heterocycles. The first-order valence-electron chi connectivity index (χ1n) is 7.26. The first-order valence-corrected chi connectivity index (χ1v) is 8.24. The van der Waals surface area contributed by atoms with Gasteiger partial charge in [-0.15, -0.1) is 0 Å². The molecule has 0 spiro atoms. The Kier molecular flexibility index (Phi) is 4.86. The Morgan fingerprint density at radius 2 is 1.38 bits per heavy atom.